The van der Waals surface area contributed by atoms with Gasteiger partial charge >= 0.3 is 0 Å². The monoisotopic (exact) mass is 365 g/mol. The van der Waals surface area contributed by atoms with Crippen LogP contribution < -0.4 is 5.32 Å². The molecule has 3 rings (SSSR count). The second-order valence-electron chi connectivity index (χ2n) is 7.92. The van der Waals surface area contributed by atoms with Crippen LogP contribution in [0.15, 0.2) is 18.2 Å². The summed E-state index contributed by atoms with van der Waals surface area (Å²) >= 11 is 0. The molecule has 144 valence electrons. The van der Waals surface area contributed by atoms with Crippen molar-refractivity contribution in [2.75, 3.05) is 33.2 Å². The van der Waals surface area contributed by atoms with Crippen molar-refractivity contribution in [3.8, 4) is 0 Å². The van der Waals surface area contributed by atoms with Gasteiger partial charge in [-0.1, -0.05) is 19.1 Å². The molecule has 6 heteroatoms. The number of halogens is 2. The Balaban J connectivity index is 1.65. The van der Waals surface area contributed by atoms with Gasteiger partial charge in [-0.15, -0.1) is 0 Å². The van der Waals surface area contributed by atoms with E-state index < -0.39 is 11.6 Å². The smallest absolute Gasteiger partial charge is 0.237 e. The maximum atomic E-state index is 13.8. The highest BCUT2D eigenvalue weighted by molar-refractivity contribution is 5.82. The van der Waals surface area contributed by atoms with Gasteiger partial charge in [-0.25, -0.2) is 8.78 Å². The van der Waals surface area contributed by atoms with E-state index in [1.165, 1.54) is 12.1 Å². The molecule has 0 radical (unpaired) electrons. The maximum absolute atomic E-state index is 13.8. The zero-order valence-corrected chi connectivity index (χ0v) is 15.7. The molecule has 1 spiro atoms. The van der Waals surface area contributed by atoms with Crippen molar-refractivity contribution in [2.45, 2.75) is 45.2 Å². The summed E-state index contributed by atoms with van der Waals surface area (Å²) in [7, 11) is 2.14. The number of carbonyl (C=O) groups is 1. The van der Waals surface area contributed by atoms with Crippen LogP contribution >= 0.6 is 0 Å². The number of piperidine rings is 1. The van der Waals surface area contributed by atoms with Crippen molar-refractivity contribution in [3.05, 3.63) is 35.4 Å². The number of carbonyl (C=O) groups excluding carboxylic acids is 1. The van der Waals surface area contributed by atoms with Crippen molar-refractivity contribution in [1.29, 1.82) is 0 Å². The standard InChI is InChI=1S/C20H29F2N3O/c1-3-9-25-14-20(7-10-24(2)11-8-20)12-17(25)19(26)23-13-15-5-4-6-16(21)18(15)22/h4-6,17H,3,7-14H2,1-2H3,(H,23,26)/t17-/m0/s1. The summed E-state index contributed by atoms with van der Waals surface area (Å²) < 4.78 is 27.1. The molecule has 0 aromatic heterocycles. The number of hydrogen-bond donors (Lipinski definition) is 1. The molecule has 0 bridgehead atoms. The van der Waals surface area contributed by atoms with Crippen molar-refractivity contribution in [2.24, 2.45) is 5.41 Å². The van der Waals surface area contributed by atoms with E-state index in [1.807, 2.05) is 0 Å². The number of nitrogens with one attached hydrogen (secondary N) is 1. The van der Waals surface area contributed by atoms with E-state index in [0.717, 1.165) is 57.9 Å². The lowest BCUT2D eigenvalue weighted by Gasteiger charge is -2.37. The average molecular weight is 365 g/mol. The van der Waals surface area contributed by atoms with Gasteiger partial charge in [-0.2, -0.15) is 0 Å². The Morgan fingerprint density at radius 3 is 2.73 bits per heavy atom. The van der Waals surface area contributed by atoms with Gasteiger partial charge in [0, 0.05) is 18.7 Å². The van der Waals surface area contributed by atoms with Crippen molar-refractivity contribution in [3.63, 3.8) is 0 Å². The number of amides is 1. The van der Waals surface area contributed by atoms with E-state index in [2.05, 4.69) is 29.1 Å². The van der Waals surface area contributed by atoms with E-state index >= 15 is 0 Å². The molecular weight excluding hydrogens is 336 g/mol. The van der Waals surface area contributed by atoms with Crippen LogP contribution in [0, 0.1) is 17.0 Å². The van der Waals surface area contributed by atoms with Crippen LogP contribution in [0.3, 0.4) is 0 Å². The second-order valence-corrected chi connectivity index (χ2v) is 7.92. The quantitative estimate of drug-likeness (QED) is 0.872. The average Bonchev–Trinajstić information content (AvgIpc) is 2.98. The fourth-order valence-corrected chi connectivity index (χ4v) is 4.37. The predicted molar refractivity (Wildman–Crippen MR) is 97.6 cm³/mol. The summed E-state index contributed by atoms with van der Waals surface area (Å²) in [5.41, 5.74) is 0.403. The lowest BCUT2D eigenvalue weighted by molar-refractivity contribution is -0.125. The molecule has 2 saturated heterocycles. The number of benzene rings is 1. The predicted octanol–water partition coefficient (Wildman–Crippen LogP) is 2.78. The van der Waals surface area contributed by atoms with E-state index in [9.17, 15) is 13.6 Å². The van der Waals surface area contributed by atoms with Crippen molar-refractivity contribution >= 4 is 5.91 Å². The van der Waals surface area contributed by atoms with Gasteiger partial charge < -0.3 is 10.2 Å². The molecule has 26 heavy (non-hydrogen) atoms. The lowest BCUT2D eigenvalue weighted by atomic mass is 9.76. The maximum Gasteiger partial charge on any atom is 0.237 e. The van der Waals surface area contributed by atoms with E-state index in [-0.39, 0.29) is 29.5 Å². The normalized spacial score (nSPS) is 23.5. The van der Waals surface area contributed by atoms with Crippen LogP contribution in [-0.2, 0) is 11.3 Å². The molecule has 2 heterocycles. The molecular formula is C20H29F2N3O. The SMILES string of the molecule is CCCN1CC2(CCN(C)CC2)C[C@H]1C(=O)NCc1cccc(F)c1F. The van der Waals surface area contributed by atoms with Crippen LogP contribution in [0.4, 0.5) is 8.78 Å². The summed E-state index contributed by atoms with van der Waals surface area (Å²) in [5.74, 6) is -1.83. The van der Waals surface area contributed by atoms with Gasteiger partial charge in [-0.3, -0.25) is 9.69 Å². The van der Waals surface area contributed by atoms with Gasteiger partial charge in [0.25, 0.3) is 0 Å². The Labute approximate surface area is 154 Å². The molecule has 4 nitrogen and oxygen atoms in total. The highest BCUT2D eigenvalue weighted by Gasteiger charge is 2.47. The second kappa shape index (κ2) is 8.01. The first-order valence-electron chi connectivity index (χ1n) is 9.57. The first-order chi connectivity index (χ1) is 12.4. The van der Waals surface area contributed by atoms with Crippen molar-refractivity contribution in [1.82, 2.24) is 15.1 Å². The lowest BCUT2D eigenvalue weighted by Crippen LogP contribution is -2.43. The third-order valence-corrected chi connectivity index (χ3v) is 5.95. The Morgan fingerprint density at radius 1 is 1.31 bits per heavy atom. The number of rotatable bonds is 5. The van der Waals surface area contributed by atoms with Gasteiger partial charge in [0.15, 0.2) is 11.6 Å². The van der Waals surface area contributed by atoms with Gasteiger partial charge in [0.1, 0.15) is 0 Å². The summed E-state index contributed by atoms with van der Waals surface area (Å²) in [5, 5.41) is 2.83. The highest BCUT2D eigenvalue weighted by atomic mass is 19.2. The van der Waals surface area contributed by atoms with Gasteiger partial charge in [0.05, 0.1) is 6.04 Å². The molecule has 0 unspecified atom stereocenters. The van der Waals surface area contributed by atoms with Gasteiger partial charge in [-0.05, 0) is 63.8 Å². The Bertz CT molecular complexity index is 644. The van der Waals surface area contributed by atoms with Gasteiger partial charge in [0.2, 0.25) is 5.91 Å². The van der Waals surface area contributed by atoms with Crippen molar-refractivity contribution < 1.29 is 13.6 Å². The first-order valence-corrected chi connectivity index (χ1v) is 9.57. The molecule has 0 aliphatic carbocycles. The Morgan fingerprint density at radius 2 is 2.04 bits per heavy atom. The minimum absolute atomic E-state index is 0.0224. The first kappa shape index (κ1) is 19.2. The van der Waals surface area contributed by atoms with E-state index in [4.69, 9.17) is 0 Å². The summed E-state index contributed by atoms with van der Waals surface area (Å²) in [6.07, 6.45) is 4.09. The van der Waals surface area contributed by atoms with E-state index in [1.54, 1.807) is 0 Å². The topological polar surface area (TPSA) is 35.6 Å². The van der Waals surface area contributed by atoms with Crippen LogP contribution in [0.2, 0.25) is 0 Å². The molecule has 2 aliphatic rings. The molecule has 1 amide bonds. The molecule has 1 atom stereocenters. The fourth-order valence-electron chi connectivity index (χ4n) is 4.37. The molecule has 2 fully saturated rings. The number of likely N-dealkylation sites (tertiary alicyclic amines) is 2. The van der Waals surface area contributed by atoms with Crippen LogP contribution in [0.5, 0.6) is 0 Å². The third-order valence-electron chi connectivity index (χ3n) is 5.95. The zero-order valence-electron chi connectivity index (χ0n) is 15.7. The summed E-state index contributed by atoms with van der Waals surface area (Å²) in [4.78, 5) is 17.4. The Kier molecular flexibility index (Phi) is 5.92. The zero-order chi connectivity index (χ0) is 18.7. The largest absolute Gasteiger partial charge is 0.351 e. The van der Waals surface area contributed by atoms with Crippen LogP contribution in [0.1, 0.15) is 38.2 Å². The molecule has 2 aliphatic heterocycles. The fraction of sp³-hybridized carbons (Fsp3) is 0.650. The van der Waals surface area contributed by atoms with Crippen LogP contribution in [-0.4, -0.2) is 55.0 Å². The Hall–Kier alpha value is -1.53. The molecule has 1 N–H and O–H groups in total. The minimum Gasteiger partial charge on any atom is -0.351 e. The third kappa shape index (κ3) is 4.07. The summed E-state index contributed by atoms with van der Waals surface area (Å²) in [6, 6.07) is 3.89. The number of nitrogens with zero attached hydrogens (tertiary/aromatic N) is 2. The molecule has 1 aromatic rings. The number of hydrogen-bond acceptors (Lipinski definition) is 3. The molecule has 0 saturated carbocycles. The minimum atomic E-state index is -0.879. The van der Waals surface area contributed by atoms with E-state index in [0.29, 0.717) is 0 Å². The molecule has 1 aromatic carbocycles. The summed E-state index contributed by atoms with van der Waals surface area (Å²) in [6.45, 7) is 6.14. The van der Waals surface area contributed by atoms with Crippen LogP contribution in [0.25, 0.3) is 0 Å². The highest BCUT2D eigenvalue weighted by Crippen LogP contribution is 2.43.